The molecular formula is C64H70N10O4+2. The topological polar surface area (TPSA) is 188 Å². The molecule has 0 fully saturated rings. The van der Waals surface area contributed by atoms with E-state index in [-0.39, 0.29) is 23.6 Å². The van der Waals surface area contributed by atoms with Crippen LogP contribution in [-0.2, 0) is 0 Å². The van der Waals surface area contributed by atoms with E-state index >= 15 is 0 Å². The van der Waals surface area contributed by atoms with Gasteiger partial charge in [0.2, 0.25) is 11.8 Å². The second-order valence-corrected chi connectivity index (χ2v) is 23.9. The zero-order valence-electron chi connectivity index (χ0n) is 46.6. The number of hydrogen-bond acceptors (Lipinski definition) is 6. The van der Waals surface area contributed by atoms with E-state index in [2.05, 4.69) is 9.97 Å². The lowest BCUT2D eigenvalue weighted by Gasteiger charge is -2.22. The van der Waals surface area contributed by atoms with Crippen LogP contribution in [0.2, 0.25) is 0 Å². The van der Waals surface area contributed by atoms with E-state index < -0.39 is 10.8 Å². The summed E-state index contributed by atoms with van der Waals surface area (Å²) in [7, 11) is 12.0. The Hall–Kier alpha value is -8.72. The molecule has 6 N–H and O–H groups in total. The smallest absolute Gasteiger partial charge is 0.243 e. The van der Waals surface area contributed by atoms with Gasteiger partial charge in [-0.2, -0.15) is 0 Å². The number of benzene rings is 4. The maximum absolute atomic E-state index is 11.4. The molecule has 0 spiro atoms. The van der Waals surface area contributed by atoms with Gasteiger partial charge in [-0.15, -0.1) is 0 Å². The monoisotopic (exact) mass is 1040 g/mol. The van der Waals surface area contributed by atoms with Gasteiger partial charge in [0.25, 0.3) is 0 Å². The summed E-state index contributed by atoms with van der Waals surface area (Å²) in [5.41, 5.74) is 11.9. The Kier molecular flexibility index (Phi) is 14.6. The molecule has 5 heterocycles. The maximum atomic E-state index is 11.4. The van der Waals surface area contributed by atoms with Crippen molar-refractivity contribution >= 4 is 92.7 Å². The molecule has 2 aliphatic rings. The summed E-state index contributed by atoms with van der Waals surface area (Å²) < 4.78 is 0.935. The van der Waals surface area contributed by atoms with E-state index in [9.17, 15) is 20.4 Å². The third-order valence-corrected chi connectivity index (χ3v) is 13.0. The van der Waals surface area contributed by atoms with Crippen LogP contribution in [-0.4, -0.2) is 128 Å². The highest BCUT2D eigenvalue weighted by Gasteiger charge is 2.26. The fourth-order valence-electron chi connectivity index (χ4n) is 9.23. The van der Waals surface area contributed by atoms with E-state index in [1.54, 1.807) is 0 Å². The first-order valence-electron chi connectivity index (χ1n) is 26.1. The second kappa shape index (κ2) is 21.0. The van der Waals surface area contributed by atoms with Crippen molar-refractivity contribution in [2.24, 2.45) is 30.8 Å². The summed E-state index contributed by atoms with van der Waals surface area (Å²) in [4.78, 5) is 38.1. The summed E-state index contributed by atoms with van der Waals surface area (Å²) in [6.45, 7) is 12.1. The van der Waals surface area contributed by atoms with Crippen molar-refractivity contribution in [2.75, 3.05) is 55.4 Å². The second-order valence-electron chi connectivity index (χ2n) is 23.9. The molecule has 0 saturated heterocycles. The molecule has 0 aliphatic carbocycles. The highest BCUT2D eigenvalue weighted by atomic mass is 16.3. The normalized spacial score (nSPS) is 13.9. The van der Waals surface area contributed by atoms with Crippen LogP contribution in [0.5, 0.6) is 0 Å². The fraction of sp³-hybridized carbons (Fsp3) is 0.250. The zero-order chi connectivity index (χ0) is 55.9. The number of fused-ring (bicyclic) bond motifs is 8. The van der Waals surface area contributed by atoms with Gasteiger partial charge in [-0.25, -0.2) is 29.9 Å². The number of likely N-dealkylation sites (N-methyl/N-ethyl adjacent to an activating group) is 2. The summed E-state index contributed by atoms with van der Waals surface area (Å²) >= 11 is 0. The molecule has 7 aromatic rings. The maximum Gasteiger partial charge on any atom is 0.243 e. The number of aliphatic imine (C=N–C) groups is 4. The number of aromatic nitrogens is 4. The van der Waals surface area contributed by atoms with Crippen molar-refractivity contribution in [1.82, 2.24) is 19.9 Å². The largest absolute Gasteiger partial charge is 0.496 e. The molecule has 0 amide bonds. The van der Waals surface area contributed by atoms with Gasteiger partial charge < -0.3 is 39.4 Å². The first-order chi connectivity index (χ1) is 36.8. The lowest BCUT2D eigenvalue weighted by molar-refractivity contribution is -0.861. The Morgan fingerprint density at radius 3 is 0.872 bits per heavy atom. The summed E-state index contributed by atoms with van der Waals surface area (Å²) in [6.07, 6.45) is 7.95. The SMILES string of the molecule is CC(C)(C)C(O)=Nc1ccccc1-c1c2nc(c(-c3ccccc3N=C(O)C[N+](C)(C)C)c3ccc([nH]3)c(-c3ccccc3N=C(O)C(C)(C)C)c3nc(c(-c4ccccc4N=C(O)C[N+](C)(C)C)c4ccc1[nH]4)C=C3)C=C2. The van der Waals surface area contributed by atoms with Crippen molar-refractivity contribution in [3.05, 3.63) is 144 Å². The van der Waals surface area contributed by atoms with Gasteiger partial charge in [0.1, 0.15) is 0 Å². The van der Waals surface area contributed by atoms with E-state index in [0.717, 1.165) is 22.3 Å². The van der Waals surface area contributed by atoms with Gasteiger partial charge in [-0.3, -0.25) is 0 Å². The molecule has 9 rings (SSSR count). The Balaban J connectivity index is 1.49. The van der Waals surface area contributed by atoms with Crippen LogP contribution in [0, 0.1) is 10.8 Å². The third kappa shape index (κ3) is 11.9. The molecule has 14 nitrogen and oxygen atoms in total. The molecular weight excluding hydrogens is 973 g/mol. The van der Waals surface area contributed by atoms with Crippen LogP contribution in [0.25, 0.3) is 90.9 Å². The molecule has 4 aromatic carbocycles. The molecule has 0 saturated carbocycles. The van der Waals surface area contributed by atoms with Crippen molar-refractivity contribution < 1.29 is 29.4 Å². The highest BCUT2D eigenvalue weighted by Crippen LogP contribution is 2.44. The Morgan fingerprint density at radius 1 is 0.385 bits per heavy atom. The Bertz CT molecular complexity index is 3590. The van der Waals surface area contributed by atoms with Crippen molar-refractivity contribution in [3.63, 3.8) is 0 Å². The summed E-state index contributed by atoms with van der Waals surface area (Å²) in [6, 6.07) is 38.9. The number of quaternary nitrogens is 2. The van der Waals surface area contributed by atoms with Gasteiger partial charge in [0.15, 0.2) is 24.9 Å². The van der Waals surface area contributed by atoms with Crippen LogP contribution in [0.1, 0.15) is 64.3 Å². The molecule has 0 radical (unpaired) electrons. The minimum Gasteiger partial charge on any atom is -0.496 e. The van der Waals surface area contributed by atoms with E-state index in [1.165, 1.54) is 0 Å². The van der Waals surface area contributed by atoms with Crippen molar-refractivity contribution in [1.29, 1.82) is 0 Å². The van der Waals surface area contributed by atoms with Crippen molar-refractivity contribution in [3.8, 4) is 44.5 Å². The predicted octanol–water partition coefficient (Wildman–Crippen LogP) is 15.2. The van der Waals surface area contributed by atoms with Crippen LogP contribution in [0.4, 0.5) is 22.7 Å². The molecule has 8 bridgehead atoms. The first kappa shape index (κ1) is 54.1. The van der Waals surface area contributed by atoms with Gasteiger partial charge in [0, 0.05) is 77.4 Å². The number of nitrogens with zero attached hydrogens (tertiary/aromatic N) is 8. The van der Waals surface area contributed by atoms with Gasteiger partial charge in [-0.05, 0) is 72.8 Å². The van der Waals surface area contributed by atoms with E-state index in [0.29, 0.717) is 112 Å². The first-order valence-corrected chi connectivity index (χ1v) is 26.1. The highest BCUT2D eigenvalue weighted by molar-refractivity contribution is 6.04. The van der Waals surface area contributed by atoms with Crippen LogP contribution in [0.15, 0.2) is 141 Å². The Morgan fingerprint density at radius 2 is 0.628 bits per heavy atom. The standard InChI is InChI=1S/C64H68N10O4/c1-63(2,3)61(77)71-45-27-19-15-23-41(45)59-51-33-29-47(65-51)57(39-21-13-17-25-43(39)69-55(75)37-73(7,8)9)49-31-35-53(67-49)60(42-24-16-20-28-46(42)72-62(78)64(4,5)6)54-36-32-50(68-54)58(48-30-34-52(59)66-48)40-22-14-18-26-44(40)70-56(76)38-74(10,11)12/h13-36H,37-38H2,1-12H3,(H4-2,65,66,67,68,69,70,71,72,75,76,77,78)/p+2. The minimum absolute atomic E-state index is 0.0168. The van der Waals surface area contributed by atoms with Gasteiger partial charge >= 0.3 is 0 Å². The lowest BCUT2D eigenvalue weighted by atomic mass is 9.96. The number of aromatic amines is 2. The molecule has 2 aliphatic heterocycles. The van der Waals surface area contributed by atoms with E-state index in [1.807, 2.05) is 229 Å². The number of nitrogens with one attached hydrogen (secondary N) is 2. The van der Waals surface area contributed by atoms with Crippen molar-refractivity contribution in [2.45, 2.75) is 41.5 Å². The number of para-hydroxylation sites is 4. The Labute approximate surface area is 456 Å². The molecule has 14 heteroatoms. The third-order valence-electron chi connectivity index (χ3n) is 13.0. The molecule has 0 atom stereocenters. The molecule has 3 aromatic heterocycles. The predicted molar refractivity (Wildman–Crippen MR) is 324 cm³/mol. The number of aliphatic hydroxyl groups is 4. The zero-order valence-corrected chi connectivity index (χ0v) is 46.6. The van der Waals surface area contributed by atoms with Crippen LogP contribution in [0.3, 0.4) is 0 Å². The van der Waals surface area contributed by atoms with Crippen LogP contribution < -0.4 is 0 Å². The van der Waals surface area contributed by atoms with Gasteiger partial charge in [-0.1, -0.05) is 114 Å². The van der Waals surface area contributed by atoms with Gasteiger partial charge in [0.05, 0.1) is 87.8 Å². The van der Waals surface area contributed by atoms with E-state index in [4.69, 9.17) is 29.9 Å². The average Bonchev–Trinajstić information content (AvgIpc) is 4.25. The molecule has 398 valence electrons. The average molecular weight is 1040 g/mol. The number of hydrogen-bond donors (Lipinski definition) is 6. The molecule has 0 unspecified atom stereocenters. The quantitative estimate of drug-likeness (QED) is 0.0401. The number of aliphatic hydroxyl groups excluding tert-OH is 4. The number of H-pyrrole nitrogens is 2. The summed E-state index contributed by atoms with van der Waals surface area (Å²) in [5.74, 6) is -0.0763. The summed E-state index contributed by atoms with van der Waals surface area (Å²) in [5, 5.41) is 45.7. The van der Waals surface area contributed by atoms with Crippen LogP contribution >= 0.6 is 0 Å². The number of rotatable bonds is 12. The fourth-order valence-corrected chi connectivity index (χ4v) is 9.23. The minimum atomic E-state index is -0.634. The lowest BCUT2D eigenvalue weighted by Crippen LogP contribution is -2.39. The molecule has 78 heavy (non-hydrogen) atoms.